The minimum atomic E-state index is -0.509. The van der Waals surface area contributed by atoms with Crippen LogP contribution < -0.4 is 4.74 Å². The van der Waals surface area contributed by atoms with E-state index >= 15 is 0 Å². The van der Waals surface area contributed by atoms with Gasteiger partial charge in [-0.3, -0.25) is 4.79 Å². The largest absolute Gasteiger partial charge is 0.481 e. The maximum Gasteiger partial charge on any atom is 0.263 e. The zero-order chi connectivity index (χ0) is 17.1. The first kappa shape index (κ1) is 16.8. The maximum absolute atomic E-state index is 12.9. The Morgan fingerprint density at radius 1 is 1.21 bits per heavy atom. The minimum Gasteiger partial charge on any atom is -0.481 e. The summed E-state index contributed by atoms with van der Waals surface area (Å²) in [6.45, 7) is 3.77. The fourth-order valence-electron chi connectivity index (χ4n) is 3.98. The Morgan fingerprint density at radius 3 is 2.50 bits per heavy atom. The number of nitriles is 1. The Hall–Kier alpha value is -2.06. The van der Waals surface area contributed by atoms with Gasteiger partial charge in [0.25, 0.3) is 5.91 Å². The van der Waals surface area contributed by atoms with Gasteiger partial charge in [-0.05, 0) is 70.5 Å². The molecule has 5 heteroatoms. The zero-order valence-electron chi connectivity index (χ0n) is 14.4. The van der Waals surface area contributed by atoms with Crippen LogP contribution in [-0.2, 0) is 4.79 Å². The van der Waals surface area contributed by atoms with Crippen LogP contribution in [0.5, 0.6) is 5.75 Å². The third kappa shape index (κ3) is 3.39. The van der Waals surface area contributed by atoms with Crippen LogP contribution in [0.1, 0.15) is 38.2 Å². The molecule has 24 heavy (non-hydrogen) atoms. The van der Waals surface area contributed by atoms with Gasteiger partial charge in [0.15, 0.2) is 6.10 Å². The van der Waals surface area contributed by atoms with E-state index in [1.54, 1.807) is 24.3 Å². The van der Waals surface area contributed by atoms with Crippen molar-refractivity contribution in [2.24, 2.45) is 0 Å². The van der Waals surface area contributed by atoms with Crippen molar-refractivity contribution in [1.82, 2.24) is 9.80 Å². The van der Waals surface area contributed by atoms with Gasteiger partial charge < -0.3 is 14.5 Å². The quantitative estimate of drug-likeness (QED) is 0.852. The lowest BCUT2D eigenvalue weighted by atomic mass is 10.0. The number of amides is 1. The van der Waals surface area contributed by atoms with Crippen LogP contribution in [0.15, 0.2) is 24.3 Å². The molecule has 5 nitrogen and oxygen atoms in total. The van der Waals surface area contributed by atoms with Gasteiger partial charge in [-0.15, -0.1) is 0 Å². The third-order valence-corrected chi connectivity index (χ3v) is 5.25. The second-order valence-corrected chi connectivity index (χ2v) is 6.83. The molecule has 0 bridgehead atoms. The summed E-state index contributed by atoms with van der Waals surface area (Å²) in [5.74, 6) is 0.700. The predicted molar refractivity (Wildman–Crippen MR) is 91.6 cm³/mol. The van der Waals surface area contributed by atoms with Gasteiger partial charge in [0.2, 0.25) is 0 Å². The molecule has 0 aliphatic carbocycles. The summed E-state index contributed by atoms with van der Waals surface area (Å²) in [4.78, 5) is 17.3. The average Bonchev–Trinajstić information content (AvgIpc) is 3.23. The SMILES string of the molecule is C[C@H](Oc1ccc(C#N)cc1)C(=O)N1CCC[C@@H]1[C@H]1CCCN1C. The van der Waals surface area contributed by atoms with E-state index in [-0.39, 0.29) is 5.91 Å². The molecule has 2 fully saturated rings. The van der Waals surface area contributed by atoms with Crippen LogP contribution in [0.25, 0.3) is 0 Å². The first-order valence-electron chi connectivity index (χ1n) is 8.77. The van der Waals surface area contributed by atoms with Crippen molar-refractivity contribution in [3.05, 3.63) is 29.8 Å². The molecule has 2 heterocycles. The lowest BCUT2D eigenvalue weighted by molar-refractivity contribution is -0.139. The summed E-state index contributed by atoms with van der Waals surface area (Å²) in [5, 5.41) is 8.84. The molecule has 0 N–H and O–H groups in total. The van der Waals surface area contributed by atoms with Gasteiger partial charge in [0, 0.05) is 18.6 Å². The number of benzene rings is 1. The van der Waals surface area contributed by atoms with Crippen molar-refractivity contribution >= 4 is 5.91 Å². The van der Waals surface area contributed by atoms with E-state index in [1.165, 1.54) is 12.8 Å². The number of rotatable bonds is 4. The molecule has 2 aliphatic heterocycles. The summed E-state index contributed by atoms with van der Waals surface area (Å²) >= 11 is 0. The highest BCUT2D eigenvalue weighted by molar-refractivity contribution is 5.81. The molecule has 0 spiro atoms. The van der Waals surface area contributed by atoms with E-state index in [0.717, 1.165) is 25.9 Å². The first-order chi connectivity index (χ1) is 11.6. The van der Waals surface area contributed by atoms with Crippen molar-refractivity contribution in [3.63, 3.8) is 0 Å². The molecule has 3 rings (SSSR count). The zero-order valence-corrected chi connectivity index (χ0v) is 14.4. The van der Waals surface area contributed by atoms with Crippen LogP contribution in [-0.4, -0.2) is 54.0 Å². The standard InChI is InChI=1S/C19H25N3O2/c1-14(24-16-9-7-15(13-20)8-10-16)19(23)22-12-4-6-18(22)17-5-3-11-21(17)2/h7-10,14,17-18H,3-6,11-12H2,1-2H3/t14-,17+,18+/m0/s1. The topological polar surface area (TPSA) is 56.6 Å². The smallest absolute Gasteiger partial charge is 0.263 e. The van der Waals surface area contributed by atoms with E-state index in [1.807, 2.05) is 11.8 Å². The molecule has 0 unspecified atom stereocenters. The number of ether oxygens (including phenoxy) is 1. The highest BCUT2D eigenvalue weighted by Gasteiger charge is 2.39. The molecule has 3 atom stereocenters. The second-order valence-electron chi connectivity index (χ2n) is 6.83. The van der Waals surface area contributed by atoms with Gasteiger partial charge >= 0.3 is 0 Å². The number of carbonyl (C=O) groups is 1. The lowest BCUT2D eigenvalue weighted by Crippen LogP contribution is -2.50. The Balaban J connectivity index is 1.64. The Bertz CT molecular complexity index is 622. The molecular weight excluding hydrogens is 302 g/mol. The minimum absolute atomic E-state index is 0.0714. The molecule has 0 saturated carbocycles. The predicted octanol–water partition coefficient (Wildman–Crippen LogP) is 2.41. The maximum atomic E-state index is 12.9. The molecule has 2 saturated heterocycles. The van der Waals surface area contributed by atoms with Gasteiger partial charge in [-0.25, -0.2) is 0 Å². The van der Waals surface area contributed by atoms with Gasteiger partial charge in [-0.2, -0.15) is 5.26 Å². The molecular formula is C19H25N3O2. The Labute approximate surface area is 143 Å². The van der Waals surface area contributed by atoms with Crippen LogP contribution >= 0.6 is 0 Å². The van der Waals surface area contributed by atoms with Crippen molar-refractivity contribution < 1.29 is 9.53 Å². The number of hydrogen-bond acceptors (Lipinski definition) is 4. The van der Waals surface area contributed by atoms with E-state index in [2.05, 4.69) is 18.0 Å². The van der Waals surface area contributed by atoms with E-state index in [0.29, 0.717) is 23.4 Å². The number of likely N-dealkylation sites (tertiary alicyclic amines) is 2. The average molecular weight is 327 g/mol. The molecule has 2 aliphatic rings. The molecule has 128 valence electrons. The molecule has 1 aromatic carbocycles. The fraction of sp³-hybridized carbons (Fsp3) is 0.579. The Kier molecular flexibility index (Phi) is 5.06. The van der Waals surface area contributed by atoms with Crippen LogP contribution in [0.2, 0.25) is 0 Å². The van der Waals surface area contributed by atoms with Gasteiger partial charge in [0.1, 0.15) is 5.75 Å². The second kappa shape index (κ2) is 7.23. The Morgan fingerprint density at radius 2 is 1.88 bits per heavy atom. The summed E-state index contributed by atoms with van der Waals surface area (Å²) in [7, 11) is 2.16. The third-order valence-electron chi connectivity index (χ3n) is 5.25. The summed E-state index contributed by atoms with van der Waals surface area (Å²) in [6.07, 6.45) is 4.05. The molecule has 1 aromatic rings. The fourth-order valence-corrected chi connectivity index (χ4v) is 3.98. The van der Waals surface area contributed by atoms with Gasteiger partial charge in [-0.1, -0.05) is 0 Å². The van der Waals surface area contributed by atoms with E-state index in [9.17, 15) is 4.79 Å². The molecule has 1 amide bonds. The highest BCUT2D eigenvalue weighted by Crippen LogP contribution is 2.29. The van der Waals surface area contributed by atoms with E-state index < -0.39 is 6.10 Å². The summed E-state index contributed by atoms with van der Waals surface area (Å²) < 4.78 is 5.81. The number of carbonyl (C=O) groups excluding carboxylic acids is 1. The van der Waals surface area contributed by atoms with Crippen LogP contribution in [0.4, 0.5) is 0 Å². The van der Waals surface area contributed by atoms with Crippen molar-refractivity contribution in [3.8, 4) is 11.8 Å². The number of hydrogen-bond donors (Lipinski definition) is 0. The molecule has 0 radical (unpaired) electrons. The van der Waals surface area contributed by atoms with E-state index in [4.69, 9.17) is 10.00 Å². The first-order valence-corrected chi connectivity index (χ1v) is 8.77. The molecule has 0 aromatic heterocycles. The van der Waals surface area contributed by atoms with Crippen molar-refractivity contribution in [2.75, 3.05) is 20.1 Å². The monoisotopic (exact) mass is 327 g/mol. The number of likely N-dealkylation sites (N-methyl/N-ethyl adjacent to an activating group) is 1. The normalized spacial score (nSPS) is 25.5. The van der Waals surface area contributed by atoms with Crippen LogP contribution in [0.3, 0.4) is 0 Å². The number of nitrogens with zero attached hydrogens (tertiary/aromatic N) is 3. The van der Waals surface area contributed by atoms with Crippen molar-refractivity contribution in [1.29, 1.82) is 5.26 Å². The van der Waals surface area contributed by atoms with Crippen LogP contribution in [0, 0.1) is 11.3 Å². The van der Waals surface area contributed by atoms with Gasteiger partial charge in [0.05, 0.1) is 11.6 Å². The summed E-state index contributed by atoms with van der Waals surface area (Å²) in [5.41, 5.74) is 0.588. The highest BCUT2D eigenvalue weighted by atomic mass is 16.5. The van der Waals surface area contributed by atoms with Crippen molar-refractivity contribution in [2.45, 2.75) is 50.8 Å². The summed E-state index contributed by atoms with van der Waals surface area (Å²) in [6, 6.07) is 9.79. The lowest BCUT2D eigenvalue weighted by Gasteiger charge is -2.34.